The monoisotopic (exact) mass is 651 g/mol. The van der Waals surface area contributed by atoms with Gasteiger partial charge in [-0.2, -0.15) is 13.2 Å². The quantitative estimate of drug-likeness (QED) is 0.118. The SMILES string of the molecule is CC(C)c1ccc(/C=C(/NC(=O)c2ccccc2)C(=O)Nc2cccc(SCC(=O)Nc3cc(C(F)(F)F)ccc3Cl)c2)cc1. The molecule has 0 aliphatic heterocycles. The summed E-state index contributed by atoms with van der Waals surface area (Å²) >= 11 is 7.09. The smallest absolute Gasteiger partial charge is 0.324 e. The first-order valence-corrected chi connectivity index (χ1v) is 15.1. The van der Waals surface area contributed by atoms with Crippen molar-refractivity contribution >= 4 is 58.5 Å². The van der Waals surface area contributed by atoms with Gasteiger partial charge in [0.05, 0.1) is 22.0 Å². The van der Waals surface area contributed by atoms with E-state index in [9.17, 15) is 27.6 Å². The molecule has 0 heterocycles. The highest BCUT2D eigenvalue weighted by atomic mass is 35.5. The first-order chi connectivity index (χ1) is 21.4. The van der Waals surface area contributed by atoms with E-state index in [0.717, 1.165) is 35.5 Å². The van der Waals surface area contributed by atoms with Crippen molar-refractivity contribution in [2.75, 3.05) is 16.4 Å². The molecule has 6 nitrogen and oxygen atoms in total. The molecular weight excluding hydrogens is 623 g/mol. The Morgan fingerprint density at radius 2 is 1.58 bits per heavy atom. The van der Waals surface area contributed by atoms with Crippen LogP contribution in [0.1, 0.15) is 46.8 Å². The third-order valence-electron chi connectivity index (χ3n) is 6.47. The molecule has 11 heteroatoms. The Balaban J connectivity index is 1.46. The summed E-state index contributed by atoms with van der Waals surface area (Å²) in [4.78, 5) is 39.5. The van der Waals surface area contributed by atoms with E-state index < -0.39 is 29.5 Å². The standard InChI is InChI=1S/C34H29ClF3N3O3S/c1-21(2)23-13-11-22(12-14-23)17-30(41-32(43)24-7-4-3-5-8-24)33(44)39-26-9-6-10-27(19-26)45-20-31(42)40-29-18-25(34(36,37)38)15-16-28(29)35/h3-19,21H,20H2,1-2H3,(H,39,44)(H,40,42)(H,41,43)/b30-17+. The number of halogens is 4. The topological polar surface area (TPSA) is 87.3 Å². The van der Waals surface area contributed by atoms with E-state index in [-0.39, 0.29) is 22.2 Å². The van der Waals surface area contributed by atoms with Gasteiger partial charge < -0.3 is 16.0 Å². The predicted octanol–water partition coefficient (Wildman–Crippen LogP) is 8.62. The molecule has 4 rings (SSSR count). The van der Waals surface area contributed by atoms with E-state index in [2.05, 4.69) is 29.8 Å². The molecule has 0 aliphatic carbocycles. The van der Waals surface area contributed by atoms with Crippen molar-refractivity contribution in [3.8, 4) is 0 Å². The van der Waals surface area contributed by atoms with E-state index in [1.54, 1.807) is 60.7 Å². The highest BCUT2D eigenvalue weighted by Gasteiger charge is 2.31. The molecule has 0 saturated heterocycles. The summed E-state index contributed by atoms with van der Waals surface area (Å²) in [6, 6.07) is 25.5. The lowest BCUT2D eigenvalue weighted by atomic mass is 10.0. The van der Waals surface area contributed by atoms with Crippen LogP contribution in [-0.4, -0.2) is 23.5 Å². The number of alkyl halides is 3. The van der Waals surface area contributed by atoms with Crippen LogP contribution >= 0.6 is 23.4 Å². The zero-order valence-electron chi connectivity index (χ0n) is 24.2. The zero-order chi connectivity index (χ0) is 32.6. The Morgan fingerprint density at radius 1 is 0.867 bits per heavy atom. The van der Waals surface area contributed by atoms with Crippen LogP contribution in [0.5, 0.6) is 0 Å². The molecule has 0 aromatic heterocycles. The maximum atomic E-state index is 13.4. The predicted molar refractivity (Wildman–Crippen MR) is 173 cm³/mol. The Labute approximate surface area is 268 Å². The van der Waals surface area contributed by atoms with E-state index in [4.69, 9.17) is 11.6 Å². The van der Waals surface area contributed by atoms with Gasteiger partial charge in [0, 0.05) is 16.1 Å². The van der Waals surface area contributed by atoms with Gasteiger partial charge in [0.2, 0.25) is 5.91 Å². The number of hydrogen-bond acceptors (Lipinski definition) is 4. The van der Waals surface area contributed by atoms with Crippen LogP contribution in [0.3, 0.4) is 0 Å². The van der Waals surface area contributed by atoms with Gasteiger partial charge in [0.25, 0.3) is 11.8 Å². The van der Waals surface area contributed by atoms with Gasteiger partial charge in [-0.15, -0.1) is 11.8 Å². The van der Waals surface area contributed by atoms with Crippen molar-refractivity contribution in [3.05, 3.63) is 130 Å². The summed E-state index contributed by atoms with van der Waals surface area (Å²) in [6.45, 7) is 4.16. The van der Waals surface area contributed by atoms with Crippen molar-refractivity contribution in [1.29, 1.82) is 0 Å². The molecule has 0 saturated carbocycles. The number of rotatable bonds is 10. The van der Waals surface area contributed by atoms with Crippen LogP contribution in [0.2, 0.25) is 5.02 Å². The van der Waals surface area contributed by atoms with Crippen LogP contribution in [-0.2, 0) is 15.8 Å². The van der Waals surface area contributed by atoms with Crippen LogP contribution < -0.4 is 16.0 Å². The maximum Gasteiger partial charge on any atom is 0.416 e. The largest absolute Gasteiger partial charge is 0.416 e. The number of amides is 3. The van der Waals surface area contributed by atoms with Gasteiger partial charge in [-0.1, -0.05) is 74.0 Å². The van der Waals surface area contributed by atoms with Crippen LogP contribution in [0.15, 0.2) is 108 Å². The van der Waals surface area contributed by atoms with Crippen molar-refractivity contribution in [3.63, 3.8) is 0 Å². The van der Waals surface area contributed by atoms with Crippen LogP contribution in [0, 0.1) is 0 Å². The lowest BCUT2D eigenvalue weighted by molar-refractivity contribution is -0.137. The summed E-state index contributed by atoms with van der Waals surface area (Å²) in [6.07, 6.45) is -3.00. The Kier molecular flexibility index (Phi) is 11.1. The number of anilines is 2. The Morgan fingerprint density at radius 3 is 2.24 bits per heavy atom. The summed E-state index contributed by atoms with van der Waals surface area (Å²) in [7, 11) is 0. The number of benzene rings is 4. The lowest BCUT2D eigenvalue weighted by Gasteiger charge is -2.13. The maximum absolute atomic E-state index is 13.4. The Bertz CT molecular complexity index is 1710. The van der Waals surface area contributed by atoms with Crippen molar-refractivity contribution in [1.82, 2.24) is 5.32 Å². The van der Waals surface area contributed by atoms with E-state index in [1.165, 1.54) is 0 Å². The summed E-state index contributed by atoms with van der Waals surface area (Å²) in [5.74, 6) is -1.38. The number of carbonyl (C=O) groups excluding carboxylic acids is 3. The molecule has 0 spiro atoms. The summed E-state index contributed by atoms with van der Waals surface area (Å²) < 4.78 is 39.2. The summed E-state index contributed by atoms with van der Waals surface area (Å²) in [5.41, 5.74) is 1.59. The molecule has 0 fully saturated rings. The van der Waals surface area contributed by atoms with E-state index in [1.807, 2.05) is 24.3 Å². The molecule has 3 amide bonds. The molecule has 0 bridgehead atoms. The van der Waals surface area contributed by atoms with Crippen molar-refractivity contribution in [2.45, 2.75) is 30.8 Å². The molecule has 0 aliphatic rings. The molecule has 0 atom stereocenters. The van der Waals surface area contributed by atoms with Gasteiger partial charge in [-0.3, -0.25) is 14.4 Å². The zero-order valence-corrected chi connectivity index (χ0v) is 25.8. The summed E-state index contributed by atoms with van der Waals surface area (Å²) in [5, 5.41) is 7.88. The molecule has 0 unspecified atom stereocenters. The minimum absolute atomic E-state index is 0.0230. The second-order valence-electron chi connectivity index (χ2n) is 10.2. The van der Waals surface area contributed by atoms with E-state index >= 15 is 0 Å². The fraction of sp³-hybridized carbons (Fsp3) is 0.147. The average molecular weight is 652 g/mol. The minimum atomic E-state index is -4.58. The molecule has 4 aromatic rings. The number of hydrogen-bond donors (Lipinski definition) is 3. The van der Waals surface area contributed by atoms with Gasteiger partial charge >= 0.3 is 6.18 Å². The minimum Gasteiger partial charge on any atom is -0.324 e. The highest BCUT2D eigenvalue weighted by molar-refractivity contribution is 8.00. The van der Waals surface area contributed by atoms with Crippen LogP contribution in [0.4, 0.5) is 24.5 Å². The number of carbonyl (C=O) groups is 3. The molecule has 0 radical (unpaired) electrons. The lowest BCUT2D eigenvalue weighted by Crippen LogP contribution is -2.30. The fourth-order valence-electron chi connectivity index (χ4n) is 4.08. The molecular formula is C34H29ClF3N3O3S. The fourth-order valence-corrected chi connectivity index (χ4v) is 5.00. The molecule has 232 valence electrons. The highest BCUT2D eigenvalue weighted by Crippen LogP contribution is 2.34. The second-order valence-corrected chi connectivity index (χ2v) is 11.7. The van der Waals surface area contributed by atoms with E-state index in [0.29, 0.717) is 27.6 Å². The number of nitrogens with one attached hydrogen (secondary N) is 3. The van der Waals surface area contributed by atoms with Crippen molar-refractivity contribution < 1.29 is 27.6 Å². The molecule has 3 N–H and O–H groups in total. The molecule has 45 heavy (non-hydrogen) atoms. The third kappa shape index (κ3) is 9.72. The molecule has 4 aromatic carbocycles. The third-order valence-corrected chi connectivity index (χ3v) is 7.80. The Hall–Kier alpha value is -4.54. The van der Waals surface area contributed by atoms with Gasteiger partial charge in [0.15, 0.2) is 0 Å². The van der Waals surface area contributed by atoms with Crippen molar-refractivity contribution in [2.24, 2.45) is 0 Å². The van der Waals surface area contributed by atoms with Gasteiger partial charge in [-0.25, -0.2) is 0 Å². The van der Waals surface area contributed by atoms with Gasteiger partial charge in [-0.05, 0) is 71.7 Å². The number of thioether (sulfide) groups is 1. The second kappa shape index (κ2) is 15.0. The first-order valence-electron chi connectivity index (χ1n) is 13.8. The first kappa shape index (κ1) is 33.4. The average Bonchev–Trinajstić information content (AvgIpc) is 3.01. The van der Waals surface area contributed by atoms with Crippen LogP contribution in [0.25, 0.3) is 6.08 Å². The normalized spacial score (nSPS) is 11.7. The van der Waals surface area contributed by atoms with Gasteiger partial charge in [0.1, 0.15) is 5.70 Å².